The van der Waals surface area contributed by atoms with E-state index in [2.05, 4.69) is 10.3 Å². The number of hydrogen-bond donors (Lipinski definition) is 1. The molecule has 1 fully saturated rings. The van der Waals surface area contributed by atoms with Crippen LogP contribution in [0.15, 0.2) is 42.7 Å². The Morgan fingerprint density at radius 2 is 1.97 bits per heavy atom. The summed E-state index contributed by atoms with van der Waals surface area (Å²) < 4.78 is 10.7. The van der Waals surface area contributed by atoms with Crippen molar-refractivity contribution in [2.75, 3.05) is 34.4 Å². The van der Waals surface area contributed by atoms with Gasteiger partial charge in [-0.15, -0.1) is 0 Å². The number of carbonyl (C=O) groups is 2. The highest BCUT2D eigenvalue weighted by Gasteiger charge is 2.32. The first-order chi connectivity index (χ1) is 14.5. The summed E-state index contributed by atoms with van der Waals surface area (Å²) >= 11 is 0. The van der Waals surface area contributed by atoms with Gasteiger partial charge in [0.1, 0.15) is 11.5 Å². The van der Waals surface area contributed by atoms with Crippen molar-refractivity contribution in [3.63, 3.8) is 0 Å². The number of carbonyl (C=O) groups excluding carboxylic acids is 2. The zero-order chi connectivity index (χ0) is 21.5. The van der Waals surface area contributed by atoms with Crippen LogP contribution in [-0.4, -0.2) is 67.0 Å². The van der Waals surface area contributed by atoms with Gasteiger partial charge in [0.05, 0.1) is 26.7 Å². The number of hydrogen-bond acceptors (Lipinski definition) is 6. The number of piperazine rings is 1. The van der Waals surface area contributed by atoms with Gasteiger partial charge in [0.2, 0.25) is 11.8 Å². The zero-order valence-corrected chi connectivity index (χ0v) is 17.6. The quantitative estimate of drug-likeness (QED) is 0.707. The zero-order valence-electron chi connectivity index (χ0n) is 17.6. The van der Waals surface area contributed by atoms with E-state index in [9.17, 15) is 9.59 Å². The summed E-state index contributed by atoms with van der Waals surface area (Å²) in [7, 11) is 4.95. The van der Waals surface area contributed by atoms with Crippen LogP contribution in [0.1, 0.15) is 17.5 Å². The predicted octanol–water partition coefficient (Wildman–Crippen LogP) is 1.45. The first kappa shape index (κ1) is 21.6. The molecular weight excluding hydrogens is 384 g/mol. The molecule has 8 nitrogen and oxygen atoms in total. The normalized spacial score (nSPS) is 16.6. The van der Waals surface area contributed by atoms with Crippen LogP contribution < -0.4 is 14.8 Å². The molecule has 8 heteroatoms. The fourth-order valence-electron chi connectivity index (χ4n) is 3.54. The Morgan fingerprint density at radius 1 is 1.23 bits per heavy atom. The second kappa shape index (κ2) is 10.1. The van der Waals surface area contributed by atoms with Gasteiger partial charge in [0, 0.05) is 51.7 Å². The SMILES string of the molecule is COc1cc(CN2CCNC(=O)[C@H]2CC(=O)N(C)Cc2cccnc2)cc(OC)c1. The maximum atomic E-state index is 12.8. The molecule has 3 rings (SSSR count). The van der Waals surface area contributed by atoms with Crippen molar-refractivity contribution < 1.29 is 19.1 Å². The third kappa shape index (κ3) is 5.48. The Balaban J connectivity index is 1.70. The number of benzene rings is 1. The van der Waals surface area contributed by atoms with Crippen molar-refractivity contribution in [1.82, 2.24) is 20.1 Å². The molecule has 0 aliphatic carbocycles. The van der Waals surface area contributed by atoms with Crippen molar-refractivity contribution in [3.8, 4) is 11.5 Å². The van der Waals surface area contributed by atoms with E-state index in [1.165, 1.54) is 0 Å². The van der Waals surface area contributed by atoms with Gasteiger partial charge >= 0.3 is 0 Å². The maximum Gasteiger partial charge on any atom is 0.237 e. The van der Waals surface area contributed by atoms with Crippen LogP contribution in [0.3, 0.4) is 0 Å². The van der Waals surface area contributed by atoms with Crippen LogP contribution in [-0.2, 0) is 22.7 Å². The number of aromatic nitrogens is 1. The average molecular weight is 412 g/mol. The highest BCUT2D eigenvalue weighted by molar-refractivity contribution is 5.88. The van der Waals surface area contributed by atoms with E-state index in [4.69, 9.17) is 9.47 Å². The third-order valence-electron chi connectivity index (χ3n) is 5.17. The minimum atomic E-state index is -0.528. The van der Waals surface area contributed by atoms with E-state index < -0.39 is 6.04 Å². The highest BCUT2D eigenvalue weighted by Crippen LogP contribution is 2.25. The predicted molar refractivity (Wildman–Crippen MR) is 112 cm³/mol. The minimum absolute atomic E-state index is 0.0888. The Morgan fingerprint density at radius 3 is 2.60 bits per heavy atom. The van der Waals surface area contributed by atoms with Crippen LogP contribution in [0.25, 0.3) is 0 Å². The Bertz CT molecular complexity index is 852. The number of methoxy groups -OCH3 is 2. The molecule has 1 atom stereocenters. The molecule has 0 spiro atoms. The van der Waals surface area contributed by atoms with Crippen molar-refractivity contribution in [1.29, 1.82) is 0 Å². The van der Waals surface area contributed by atoms with E-state index in [-0.39, 0.29) is 18.2 Å². The lowest BCUT2D eigenvalue weighted by molar-refractivity contribution is -0.138. The molecule has 1 N–H and O–H groups in total. The minimum Gasteiger partial charge on any atom is -0.497 e. The van der Waals surface area contributed by atoms with Gasteiger partial charge in [-0.1, -0.05) is 6.07 Å². The second-order valence-electron chi connectivity index (χ2n) is 7.31. The largest absolute Gasteiger partial charge is 0.497 e. The lowest BCUT2D eigenvalue weighted by Gasteiger charge is -2.35. The summed E-state index contributed by atoms with van der Waals surface area (Å²) in [5.74, 6) is 1.16. The summed E-state index contributed by atoms with van der Waals surface area (Å²) in [5, 5.41) is 2.88. The highest BCUT2D eigenvalue weighted by atomic mass is 16.5. The van der Waals surface area contributed by atoms with E-state index >= 15 is 0 Å². The summed E-state index contributed by atoms with van der Waals surface area (Å²) in [6.45, 7) is 2.19. The van der Waals surface area contributed by atoms with E-state index in [0.29, 0.717) is 37.7 Å². The summed E-state index contributed by atoms with van der Waals surface area (Å²) in [5.41, 5.74) is 1.91. The molecule has 0 radical (unpaired) electrons. The number of nitrogens with one attached hydrogen (secondary N) is 1. The Hall–Kier alpha value is -3.13. The van der Waals surface area contributed by atoms with Crippen molar-refractivity contribution in [2.45, 2.75) is 25.6 Å². The summed E-state index contributed by atoms with van der Waals surface area (Å²) in [6, 6.07) is 8.88. The number of amides is 2. The molecule has 2 amide bonds. The second-order valence-corrected chi connectivity index (χ2v) is 7.31. The lowest BCUT2D eigenvalue weighted by atomic mass is 10.1. The molecule has 0 bridgehead atoms. The molecule has 1 aliphatic rings. The van der Waals surface area contributed by atoms with Gasteiger partial charge in [-0.3, -0.25) is 19.5 Å². The van der Waals surface area contributed by atoms with Crippen molar-refractivity contribution in [2.24, 2.45) is 0 Å². The number of rotatable bonds is 8. The smallest absolute Gasteiger partial charge is 0.237 e. The molecule has 0 unspecified atom stereocenters. The first-order valence-electron chi connectivity index (χ1n) is 9.86. The molecule has 160 valence electrons. The Kier molecular flexibility index (Phi) is 7.24. The topological polar surface area (TPSA) is 84.0 Å². The monoisotopic (exact) mass is 412 g/mol. The molecular formula is C22H28N4O4. The number of nitrogens with zero attached hydrogens (tertiary/aromatic N) is 3. The fourth-order valence-corrected chi connectivity index (χ4v) is 3.54. The van der Waals surface area contributed by atoms with Crippen LogP contribution in [0.5, 0.6) is 11.5 Å². The van der Waals surface area contributed by atoms with Gasteiger partial charge in [0.25, 0.3) is 0 Å². The van der Waals surface area contributed by atoms with E-state index in [1.807, 2.05) is 29.2 Å². The standard InChI is InChI=1S/C22H28N4O4/c1-25(14-16-5-4-6-23-13-16)21(27)12-20-22(28)24-7-8-26(20)15-17-9-18(29-2)11-19(10-17)30-3/h4-6,9-11,13,20H,7-8,12,14-15H2,1-3H3,(H,24,28)/t20-/m1/s1. The van der Waals surface area contributed by atoms with Gasteiger partial charge in [0.15, 0.2) is 0 Å². The van der Waals surface area contributed by atoms with Gasteiger partial charge in [-0.05, 0) is 29.3 Å². The average Bonchev–Trinajstić information content (AvgIpc) is 2.76. The molecule has 1 saturated heterocycles. The fraction of sp³-hybridized carbons (Fsp3) is 0.409. The van der Waals surface area contributed by atoms with E-state index in [1.54, 1.807) is 44.6 Å². The molecule has 0 saturated carbocycles. The number of ether oxygens (including phenoxy) is 2. The summed E-state index contributed by atoms with van der Waals surface area (Å²) in [4.78, 5) is 33.1. The molecule has 2 aromatic rings. The first-order valence-corrected chi connectivity index (χ1v) is 9.86. The van der Waals surface area contributed by atoms with Crippen LogP contribution in [0.2, 0.25) is 0 Å². The maximum absolute atomic E-state index is 12.8. The van der Waals surface area contributed by atoms with Gasteiger partial charge in [-0.25, -0.2) is 0 Å². The summed E-state index contributed by atoms with van der Waals surface area (Å²) in [6.07, 6.45) is 3.55. The van der Waals surface area contributed by atoms with Crippen LogP contribution >= 0.6 is 0 Å². The van der Waals surface area contributed by atoms with E-state index in [0.717, 1.165) is 11.1 Å². The van der Waals surface area contributed by atoms with Crippen LogP contribution in [0, 0.1) is 0 Å². The third-order valence-corrected chi connectivity index (χ3v) is 5.17. The molecule has 1 aliphatic heterocycles. The molecule has 1 aromatic carbocycles. The van der Waals surface area contributed by atoms with Gasteiger partial charge in [-0.2, -0.15) is 0 Å². The van der Waals surface area contributed by atoms with Gasteiger partial charge < -0.3 is 19.7 Å². The Labute approximate surface area is 176 Å². The molecule has 30 heavy (non-hydrogen) atoms. The van der Waals surface area contributed by atoms with Crippen molar-refractivity contribution in [3.05, 3.63) is 53.9 Å². The molecule has 2 heterocycles. The van der Waals surface area contributed by atoms with Crippen molar-refractivity contribution >= 4 is 11.8 Å². The lowest BCUT2D eigenvalue weighted by Crippen LogP contribution is -2.56. The van der Waals surface area contributed by atoms with Crippen LogP contribution in [0.4, 0.5) is 0 Å². The number of pyridine rings is 1. The molecule has 1 aromatic heterocycles.